The van der Waals surface area contributed by atoms with Crippen molar-refractivity contribution in [2.24, 2.45) is 10.8 Å². The summed E-state index contributed by atoms with van der Waals surface area (Å²) in [7, 11) is 0. The quantitative estimate of drug-likeness (QED) is 0.393. The zero-order chi connectivity index (χ0) is 14.6. The SMILES string of the molecule is C=C1CC(=O)[C@H](Br)C(C)(C)[C@@]12CC[C@@](C)(Br)[C@H](Cl)C2. The molecule has 0 amide bonds. The molecule has 0 aliphatic heterocycles. The number of allylic oxidation sites excluding steroid dienone is 1. The Morgan fingerprint density at radius 2 is 1.89 bits per heavy atom. The van der Waals surface area contributed by atoms with Crippen LogP contribution in [-0.2, 0) is 4.79 Å². The van der Waals surface area contributed by atoms with Crippen LogP contribution in [0.1, 0.15) is 46.5 Å². The molecule has 2 aliphatic rings. The summed E-state index contributed by atoms with van der Waals surface area (Å²) in [5.41, 5.74) is 0.900. The number of rotatable bonds is 0. The highest BCUT2D eigenvalue weighted by Crippen LogP contribution is 2.63. The van der Waals surface area contributed by atoms with Gasteiger partial charge >= 0.3 is 0 Å². The van der Waals surface area contributed by atoms with Crippen molar-refractivity contribution in [1.29, 1.82) is 0 Å². The molecule has 2 fully saturated rings. The monoisotopic (exact) mass is 410 g/mol. The number of Topliss-reactive ketones (excluding diaryl/α,β-unsaturated/α-hetero) is 1. The van der Waals surface area contributed by atoms with Gasteiger partial charge in [0.25, 0.3) is 0 Å². The van der Waals surface area contributed by atoms with Crippen LogP contribution in [0.4, 0.5) is 0 Å². The second-order valence-corrected chi connectivity index (χ2v) is 10.1. The maximum atomic E-state index is 12.1. The topological polar surface area (TPSA) is 17.1 Å². The third kappa shape index (κ3) is 2.28. The number of ketones is 1. The molecule has 2 rings (SSSR count). The Bertz CT molecular complexity index is 430. The maximum Gasteiger partial charge on any atom is 0.151 e. The van der Waals surface area contributed by atoms with Crippen molar-refractivity contribution in [1.82, 2.24) is 0 Å². The summed E-state index contributed by atoms with van der Waals surface area (Å²) in [6, 6.07) is 0. The van der Waals surface area contributed by atoms with Gasteiger partial charge in [0.2, 0.25) is 0 Å². The van der Waals surface area contributed by atoms with Crippen LogP contribution >= 0.6 is 43.5 Å². The van der Waals surface area contributed by atoms with E-state index in [2.05, 4.69) is 59.2 Å². The Hall–Kier alpha value is 0.660. The Kier molecular flexibility index (Phi) is 4.09. The molecule has 1 nitrogen and oxygen atoms in total. The van der Waals surface area contributed by atoms with Gasteiger partial charge in [-0.3, -0.25) is 4.79 Å². The third-order valence-electron chi connectivity index (χ3n) is 5.44. The van der Waals surface area contributed by atoms with Crippen LogP contribution in [-0.4, -0.2) is 20.3 Å². The van der Waals surface area contributed by atoms with Crippen molar-refractivity contribution < 1.29 is 4.79 Å². The Labute approximate surface area is 137 Å². The largest absolute Gasteiger partial charge is 0.298 e. The predicted octanol–water partition coefficient (Wildman–Crippen LogP) is 5.24. The molecule has 0 unspecified atom stereocenters. The zero-order valence-corrected chi connectivity index (χ0v) is 15.7. The normalized spacial score (nSPS) is 46.6. The summed E-state index contributed by atoms with van der Waals surface area (Å²) in [5, 5.41) is 0.0603. The number of hydrogen-bond acceptors (Lipinski definition) is 1. The third-order valence-corrected chi connectivity index (χ3v) is 8.94. The van der Waals surface area contributed by atoms with Gasteiger partial charge < -0.3 is 0 Å². The smallest absolute Gasteiger partial charge is 0.151 e. The molecule has 0 aromatic heterocycles. The van der Waals surface area contributed by atoms with Crippen molar-refractivity contribution in [3.63, 3.8) is 0 Å². The van der Waals surface area contributed by atoms with Gasteiger partial charge in [0.15, 0.2) is 5.78 Å². The minimum absolute atomic E-state index is 0.0145. The molecule has 0 saturated heterocycles. The van der Waals surface area contributed by atoms with E-state index < -0.39 is 0 Å². The summed E-state index contributed by atoms with van der Waals surface area (Å²) in [6.07, 6.45) is 3.43. The first-order valence-electron chi connectivity index (χ1n) is 6.73. The van der Waals surface area contributed by atoms with Crippen molar-refractivity contribution in [2.45, 2.75) is 61.0 Å². The number of carbonyl (C=O) groups is 1. The van der Waals surface area contributed by atoms with Crippen molar-refractivity contribution in [3.05, 3.63) is 12.2 Å². The van der Waals surface area contributed by atoms with Crippen molar-refractivity contribution >= 4 is 49.2 Å². The van der Waals surface area contributed by atoms with Gasteiger partial charge in [-0.25, -0.2) is 0 Å². The molecule has 4 atom stereocenters. The first kappa shape index (κ1) is 16.0. The number of hydrogen-bond donors (Lipinski definition) is 0. The van der Waals surface area contributed by atoms with Crippen LogP contribution in [0.2, 0.25) is 0 Å². The van der Waals surface area contributed by atoms with E-state index in [1.807, 2.05) is 0 Å². The molecule has 19 heavy (non-hydrogen) atoms. The lowest BCUT2D eigenvalue weighted by Crippen LogP contribution is -2.57. The van der Waals surface area contributed by atoms with E-state index >= 15 is 0 Å². The van der Waals surface area contributed by atoms with Gasteiger partial charge in [-0.05, 0) is 37.0 Å². The van der Waals surface area contributed by atoms with Crippen molar-refractivity contribution in [3.8, 4) is 0 Å². The predicted molar refractivity (Wildman–Crippen MR) is 88.5 cm³/mol. The number of halogens is 3. The molecule has 108 valence electrons. The molecule has 1 spiro atoms. The first-order chi connectivity index (χ1) is 8.54. The maximum absolute atomic E-state index is 12.1. The Morgan fingerprint density at radius 1 is 1.32 bits per heavy atom. The molecule has 0 N–H and O–H groups in total. The van der Waals surface area contributed by atoms with E-state index in [1.54, 1.807) is 0 Å². The fraction of sp³-hybridized carbons (Fsp3) is 0.800. The number of alkyl halides is 3. The Morgan fingerprint density at radius 3 is 2.42 bits per heavy atom. The van der Waals surface area contributed by atoms with Crippen molar-refractivity contribution in [2.75, 3.05) is 0 Å². The van der Waals surface area contributed by atoms with Crippen LogP contribution in [0.3, 0.4) is 0 Å². The van der Waals surface area contributed by atoms with E-state index in [0.29, 0.717) is 6.42 Å². The van der Waals surface area contributed by atoms with E-state index in [1.165, 1.54) is 0 Å². The minimum atomic E-state index is -0.143. The molecule has 0 aromatic rings. The van der Waals surface area contributed by atoms with Crippen LogP contribution in [0, 0.1) is 10.8 Å². The highest BCUT2D eigenvalue weighted by Gasteiger charge is 2.59. The molecule has 0 bridgehead atoms. The molecular weight excluding hydrogens is 391 g/mol. The molecule has 4 heteroatoms. The summed E-state index contributed by atoms with van der Waals surface area (Å²) < 4.78 is -0.0145. The lowest BCUT2D eigenvalue weighted by atomic mass is 9.49. The van der Waals surface area contributed by atoms with E-state index in [9.17, 15) is 4.79 Å². The van der Waals surface area contributed by atoms with Crippen LogP contribution < -0.4 is 0 Å². The van der Waals surface area contributed by atoms with Gasteiger partial charge in [-0.1, -0.05) is 57.9 Å². The standard InChI is InChI=1S/C15H21Br2ClO/c1-9-7-10(19)12(16)13(2,3)15(9)6-5-14(4,17)11(18)8-15/h11-12H,1,5-8H2,2-4H3/t11-,12+,14-,15-/m1/s1. The molecule has 2 saturated carbocycles. The second kappa shape index (κ2) is 4.84. The van der Waals surface area contributed by atoms with Gasteiger partial charge in [-0.2, -0.15) is 0 Å². The fourth-order valence-electron chi connectivity index (χ4n) is 3.71. The Balaban J connectivity index is 2.42. The fourth-order valence-corrected chi connectivity index (χ4v) is 5.04. The summed E-state index contributed by atoms with van der Waals surface area (Å²) in [6.45, 7) is 10.7. The summed E-state index contributed by atoms with van der Waals surface area (Å²) in [5.74, 6) is 0.249. The number of carbonyl (C=O) groups excluding carboxylic acids is 1. The average Bonchev–Trinajstić information content (AvgIpc) is 2.29. The molecule has 0 heterocycles. The molecule has 0 radical (unpaired) electrons. The molecular formula is C15H21Br2ClO. The molecule has 2 aliphatic carbocycles. The first-order valence-corrected chi connectivity index (χ1v) is 8.87. The van der Waals surface area contributed by atoms with Crippen LogP contribution in [0.5, 0.6) is 0 Å². The zero-order valence-electron chi connectivity index (χ0n) is 11.7. The lowest BCUT2D eigenvalue weighted by molar-refractivity contribution is -0.125. The highest BCUT2D eigenvalue weighted by atomic mass is 79.9. The lowest BCUT2D eigenvalue weighted by Gasteiger charge is -2.58. The molecule has 0 aromatic carbocycles. The van der Waals surface area contributed by atoms with Gasteiger partial charge in [-0.15, -0.1) is 11.6 Å². The average molecular weight is 413 g/mol. The highest BCUT2D eigenvalue weighted by molar-refractivity contribution is 9.10. The minimum Gasteiger partial charge on any atom is -0.298 e. The van der Waals surface area contributed by atoms with Gasteiger partial charge in [0.1, 0.15) is 0 Å². The van der Waals surface area contributed by atoms with E-state index in [0.717, 1.165) is 24.8 Å². The summed E-state index contributed by atoms with van der Waals surface area (Å²) in [4.78, 5) is 12.0. The van der Waals surface area contributed by atoms with Gasteiger partial charge in [0.05, 0.1) is 4.83 Å². The van der Waals surface area contributed by atoms with E-state index in [-0.39, 0.29) is 31.1 Å². The van der Waals surface area contributed by atoms with Gasteiger partial charge in [0, 0.05) is 16.1 Å². The second-order valence-electron chi connectivity index (χ2n) is 6.86. The van der Waals surface area contributed by atoms with Crippen LogP contribution in [0.15, 0.2) is 12.2 Å². The summed E-state index contributed by atoms with van der Waals surface area (Å²) >= 11 is 14.0. The van der Waals surface area contributed by atoms with Crippen LogP contribution in [0.25, 0.3) is 0 Å². The van der Waals surface area contributed by atoms with E-state index in [4.69, 9.17) is 11.6 Å².